The molecule has 0 aliphatic heterocycles. The fourth-order valence-corrected chi connectivity index (χ4v) is 4.02. The highest BCUT2D eigenvalue weighted by Gasteiger charge is 2.12. The summed E-state index contributed by atoms with van der Waals surface area (Å²) in [6.07, 6.45) is 1.38. The van der Waals surface area contributed by atoms with E-state index in [0.29, 0.717) is 15.2 Å². The number of nitrogens with one attached hydrogen (secondary N) is 1. The van der Waals surface area contributed by atoms with Crippen LogP contribution < -0.4 is 10.9 Å². The minimum atomic E-state index is -0.333. The minimum Gasteiger partial charge on any atom is -0.350 e. The molecule has 0 unspecified atom stereocenters. The van der Waals surface area contributed by atoms with Crippen LogP contribution in [0.15, 0.2) is 65.7 Å². The monoisotopic (exact) mass is 427 g/mol. The fraction of sp³-hybridized carbons (Fsp3) is 0.0952. The van der Waals surface area contributed by atoms with E-state index in [1.54, 1.807) is 24.3 Å². The van der Waals surface area contributed by atoms with Crippen LogP contribution in [0.25, 0.3) is 20.7 Å². The van der Waals surface area contributed by atoms with E-state index in [1.807, 2.05) is 18.2 Å². The van der Waals surface area contributed by atoms with Crippen LogP contribution in [0.4, 0.5) is 4.39 Å². The first-order chi connectivity index (χ1) is 14.0. The van der Waals surface area contributed by atoms with Crippen molar-refractivity contribution in [3.05, 3.63) is 87.7 Å². The van der Waals surface area contributed by atoms with Crippen molar-refractivity contribution in [1.82, 2.24) is 14.9 Å². The van der Waals surface area contributed by atoms with Crippen LogP contribution in [0, 0.1) is 5.82 Å². The topological polar surface area (TPSA) is 64.0 Å². The van der Waals surface area contributed by atoms with Gasteiger partial charge in [-0.1, -0.05) is 35.9 Å². The number of halogens is 2. The summed E-state index contributed by atoms with van der Waals surface area (Å²) in [5, 5.41) is 3.36. The zero-order valence-electron chi connectivity index (χ0n) is 15.1. The Morgan fingerprint density at radius 2 is 1.86 bits per heavy atom. The molecule has 146 valence electrons. The molecular weight excluding hydrogens is 413 g/mol. The van der Waals surface area contributed by atoms with E-state index in [-0.39, 0.29) is 30.4 Å². The van der Waals surface area contributed by atoms with Gasteiger partial charge < -0.3 is 5.32 Å². The number of rotatable bonds is 5. The van der Waals surface area contributed by atoms with E-state index in [0.717, 1.165) is 16.0 Å². The standard InChI is InChI=1S/C21H15ClFN3O2S/c22-15-5-3-14(4-6-15)18-9-17-20(29-18)21(28)26(12-25-17)11-19(27)24-10-13-1-7-16(23)8-2-13/h1-9,12H,10-11H2,(H,24,27). The molecule has 5 nitrogen and oxygen atoms in total. The Bertz CT molecular complexity index is 1230. The van der Waals surface area contributed by atoms with Crippen molar-refractivity contribution in [2.45, 2.75) is 13.1 Å². The number of carbonyl (C=O) groups excluding carboxylic acids is 1. The van der Waals surface area contributed by atoms with Gasteiger partial charge in [0.25, 0.3) is 5.56 Å². The lowest BCUT2D eigenvalue weighted by Gasteiger charge is -2.07. The zero-order chi connectivity index (χ0) is 20.4. The minimum absolute atomic E-state index is 0.142. The lowest BCUT2D eigenvalue weighted by molar-refractivity contribution is -0.121. The molecule has 0 atom stereocenters. The Morgan fingerprint density at radius 3 is 2.59 bits per heavy atom. The lowest BCUT2D eigenvalue weighted by atomic mass is 10.2. The second-order valence-corrected chi connectivity index (χ2v) is 7.90. The summed E-state index contributed by atoms with van der Waals surface area (Å²) in [5.41, 5.74) is 2.04. The Balaban J connectivity index is 1.51. The molecule has 29 heavy (non-hydrogen) atoms. The summed E-state index contributed by atoms with van der Waals surface area (Å²) in [6.45, 7) is 0.112. The number of aromatic nitrogens is 2. The van der Waals surface area contributed by atoms with Gasteiger partial charge in [-0.25, -0.2) is 9.37 Å². The summed E-state index contributed by atoms with van der Waals surface area (Å²) in [7, 11) is 0. The number of carbonyl (C=O) groups is 1. The molecule has 1 amide bonds. The van der Waals surface area contributed by atoms with E-state index < -0.39 is 0 Å². The molecule has 8 heteroatoms. The quantitative estimate of drug-likeness (QED) is 0.518. The first kappa shape index (κ1) is 19.3. The molecule has 1 N–H and O–H groups in total. The molecule has 2 aromatic carbocycles. The van der Waals surface area contributed by atoms with Gasteiger partial charge in [-0.3, -0.25) is 14.2 Å². The van der Waals surface area contributed by atoms with Gasteiger partial charge in [0.1, 0.15) is 17.1 Å². The zero-order valence-corrected chi connectivity index (χ0v) is 16.6. The van der Waals surface area contributed by atoms with Gasteiger partial charge in [-0.05, 0) is 41.5 Å². The summed E-state index contributed by atoms with van der Waals surface area (Å²) < 4.78 is 14.7. The van der Waals surface area contributed by atoms with Gasteiger partial charge in [0, 0.05) is 16.4 Å². The maximum absolute atomic E-state index is 12.9. The smallest absolute Gasteiger partial charge is 0.271 e. The number of hydrogen-bond donors (Lipinski definition) is 1. The summed E-state index contributed by atoms with van der Waals surface area (Å²) in [4.78, 5) is 30.2. The van der Waals surface area contributed by atoms with E-state index >= 15 is 0 Å². The van der Waals surface area contributed by atoms with Crippen molar-refractivity contribution in [2.75, 3.05) is 0 Å². The van der Waals surface area contributed by atoms with Crippen molar-refractivity contribution in [2.24, 2.45) is 0 Å². The molecule has 4 rings (SSSR count). The predicted octanol–water partition coefficient (Wildman–Crippen LogP) is 4.23. The van der Waals surface area contributed by atoms with Gasteiger partial charge >= 0.3 is 0 Å². The third kappa shape index (κ3) is 4.36. The SMILES string of the molecule is O=C(Cn1cnc2cc(-c3ccc(Cl)cc3)sc2c1=O)NCc1ccc(F)cc1. The Hall–Kier alpha value is -3.03. The largest absolute Gasteiger partial charge is 0.350 e. The predicted molar refractivity (Wildman–Crippen MR) is 113 cm³/mol. The molecule has 0 saturated heterocycles. The number of fused-ring (bicyclic) bond motifs is 1. The molecule has 4 aromatic rings. The molecule has 0 spiro atoms. The maximum atomic E-state index is 12.9. The van der Waals surface area contributed by atoms with Gasteiger partial charge in [0.2, 0.25) is 5.91 Å². The van der Waals surface area contributed by atoms with E-state index in [2.05, 4.69) is 10.3 Å². The molecule has 0 fully saturated rings. The Labute approximate surface area is 174 Å². The summed E-state index contributed by atoms with van der Waals surface area (Å²) in [6, 6.07) is 15.1. The first-order valence-corrected chi connectivity index (χ1v) is 9.95. The maximum Gasteiger partial charge on any atom is 0.271 e. The average Bonchev–Trinajstić information content (AvgIpc) is 3.15. The second kappa shape index (κ2) is 8.14. The van der Waals surface area contributed by atoms with Crippen molar-refractivity contribution < 1.29 is 9.18 Å². The number of nitrogens with zero attached hydrogens (tertiary/aromatic N) is 2. The number of hydrogen-bond acceptors (Lipinski definition) is 4. The highest BCUT2D eigenvalue weighted by molar-refractivity contribution is 7.22. The van der Waals surface area contributed by atoms with Crippen LogP contribution in [0.2, 0.25) is 5.02 Å². The number of benzene rings is 2. The Kier molecular flexibility index (Phi) is 5.42. The van der Waals surface area contributed by atoms with Crippen LogP contribution in [0.3, 0.4) is 0 Å². The number of amides is 1. The van der Waals surface area contributed by atoms with E-state index in [4.69, 9.17) is 11.6 Å². The summed E-state index contributed by atoms with van der Waals surface area (Å²) >= 11 is 7.26. The van der Waals surface area contributed by atoms with E-state index in [1.165, 1.54) is 34.4 Å². The number of thiophene rings is 1. The van der Waals surface area contributed by atoms with Crippen molar-refractivity contribution >= 4 is 39.1 Å². The van der Waals surface area contributed by atoms with Gasteiger partial charge in [0.05, 0.1) is 11.8 Å². The normalized spacial score (nSPS) is 11.0. The fourth-order valence-electron chi connectivity index (χ4n) is 2.83. The third-order valence-electron chi connectivity index (χ3n) is 4.35. The van der Waals surface area contributed by atoms with Gasteiger partial charge in [-0.15, -0.1) is 11.3 Å². The third-order valence-corrected chi connectivity index (χ3v) is 5.76. The molecule has 0 aliphatic carbocycles. The van der Waals surface area contributed by atoms with Crippen LogP contribution >= 0.6 is 22.9 Å². The first-order valence-electron chi connectivity index (χ1n) is 8.76. The second-order valence-electron chi connectivity index (χ2n) is 6.41. The Morgan fingerprint density at radius 1 is 1.14 bits per heavy atom. The van der Waals surface area contributed by atoms with Gasteiger partial charge in [-0.2, -0.15) is 0 Å². The molecule has 0 radical (unpaired) electrons. The molecule has 0 saturated carbocycles. The van der Waals surface area contributed by atoms with Crippen molar-refractivity contribution in [3.8, 4) is 10.4 Å². The van der Waals surface area contributed by atoms with Crippen LogP contribution in [0.1, 0.15) is 5.56 Å². The van der Waals surface area contributed by atoms with Crippen molar-refractivity contribution in [1.29, 1.82) is 0 Å². The van der Waals surface area contributed by atoms with E-state index in [9.17, 15) is 14.0 Å². The molecular formula is C21H15ClFN3O2S. The van der Waals surface area contributed by atoms with Crippen LogP contribution in [-0.4, -0.2) is 15.5 Å². The van der Waals surface area contributed by atoms with Crippen LogP contribution in [-0.2, 0) is 17.9 Å². The van der Waals surface area contributed by atoms with Crippen LogP contribution in [0.5, 0.6) is 0 Å². The summed E-state index contributed by atoms with van der Waals surface area (Å²) in [5.74, 6) is -0.660. The molecule has 2 heterocycles. The van der Waals surface area contributed by atoms with Crippen molar-refractivity contribution in [3.63, 3.8) is 0 Å². The molecule has 0 aliphatic rings. The molecule has 2 aromatic heterocycles. The average molecular weight is 428 g/mol. The highest BCUT2D eigenvalue weighted by atomic mass is 35.5. The lowest BCUT2D eigenvalue weighted by Crippen LogP contribution is -2.31. The van der Waals surface area contributed by atoms with Gasteiger partial charge in [0.15, 0.2) is 0 Å². The molecule has 0 bridgehead atoms. The highest BCUT2D eigenvalue weighted by Crippen LogP contribution is 2.31.